The van der Waals surface area contributed by atoms with Gasteiger partial charge in [0.15, 0.2) is 5.65 Å². The fraction of sp³-hybridized carbons (Fsp3) is 0.350. The van der Waals surface area contributed by atoms with Crippen LogP contribution in [0.15, 0.2) is 36.7 Å². The molecule has 2 aliphatic rings. The number of rotatable bonds is 3. The molecule has 2 aromatic heterocycles. The molecule has 11 heteroatoms. The normalized spacial score (nSPS) is 16.9. The fourth-order valence-electron chi connectivity index (χ4n) is 3.58. The van der Waals surface area contributed by atoms with Gasteiger partial charge in [0.25, 0.3) is 0 Å². The lowest BCUT2D eigenvalue weighted by Crippen LogP contribution is -2.53. The molecule has 0 atom stereocenters. The van der Waals surface area contributed by atoms with Crippen LogP contribution in [0, 0.1) is 11.7 Å². The van der Waals surface area contributed by atoms with Gasteiger partial charge < -0.3 is 15.1 Å². The first-order valence-electron chi connectivity index (χ1n) is 9.81. The van der Waals surface area contributed by atoms with Crippen molar-refractivity contribution >= 4 is 28.4 Å². The van der Waals surface area contributed by atoms with Crippen molar-refractivity contribution in [1.29, 1.82) is 0 Å². The number of fused-ring (bicyclic) bond motifs is 1. The van der Waals surface area contributed by atoms with Gasteiger partial charge in [-0.3, -0.25) is 0 Å². The topological polar surface area (TPSA) is 66.3 Å². The second-order valence-corrected chi connectivity index (χ2v) is 7.76. The summed E-state index contributed by atoms with van der Waals surface area (Å²) in [4.78, 5) is 19.5. The van der Waals surface area contributed by atoms with Crippen molar-refractivity contribution in [3.05, 3.63) is 42.5 Å². The number of hydrogen-bond acceptors (Lipinski definition) is 4. The number of aromatic nitrogens is 3. The van der Waals surface area contributed by atoms with Gasteiger partial charge in [-0.2, -0.15) is 13.2 Å². The lowest BCUT2D eigenvalue weighted by Gasteiger charge is -2.41. The summed E-state index contributed by atoms with van der Waals surface area (Å²) in [5.41, 5.74) is 1.46. The number of carbonyl (C=O) groups excluding carboxylic acids is 1. The van der Waals surface area contributed by atoms with Crippen molar-refractivity contribution in [2.45, 2.75) is 12.6 Å². The summed E-state index contributed by atoms with van der Waals surface area (Å²) in [5, 5.41) is 7.58. The summed E-state index contributed by atoms with van der Waals surface area (Å²) >= 11 is 0. The van der Waals surface area contributed by atoms with Gasteiger partial charge in [-0.15, -0.1) is 5.10 Å². The van der Waals surface area contributed by atoms with Gasteiger partial charge in [-0.05, 0) is 30.7 Å². The van der Waals surface area contributed by atoms with Crippen LogP contribution in [0.25, 0.3) is 16.7 Å². The van der Waals surface area contributed by atoms with E-state index in [0.29, 0.717) is 35.5 Å². The average molecular weight is 434 g/mol. The van der Waals surface area contributed by atoms with Gasteiger partial charge >= 0.3 is 12.2 Å². The summed E-state index contributed by atoms with van der Waals surface area (Å²) in [6, 6.07) is 5.63. The molecule has 2 amide bonds. The third kappa shape index (κ3) is 3.64. The smallest absolute Gasteiger partial charge is 0.369 e. The number of carbonyl (C=O) groups is 1. The number of urea groups is 1. The molecule has 2 aliphatic heterocycles. The van der Waals surface area contributed by atoms with E-state index in [1.165, 1.54) is 29.1 Å². The van der Waals surface area contributed by atoms with Crippen molar-refractivity contribution in [1.82, 2.24) is 19.7 Å². The first kappa shape index (κ1) is 19.6. The first-order valence-corrected chi connectivity index (χ1v) is 9.81. The zero-order chi connectivity index (χ0) is 21.8. The lowest BCUT2D eigenvalue weighted by molar-refractivity contribution is -0.180. The van der Waals surface area contributed by atoms with Crippen LogP contribution in [0.5, 0.6) is 0 Å². The second kappa shape index (κ2) is 7.10. The number of halogens is 4. The number of hydrogen-bond donors (Lipinski definition) is 1. The number of alkyl halides is 3. The second-order valence-electron chi connectivity index (χ2n) is 7.76. The van der Waals surface area contributed by atoms with Crippen LogP contribution in [0.4, 0.5) is 33.7 Å². The van der Waals surface area contributed by atoms with Gasteiger partial charge in [0.1, 0.15) is 11.5 Å². The van der Waals surface area contributed by atoms with Gasteiger partial charge in [0.05, 0.1) is 17.8 Å². The van der Waals surface area contributed by atoms with Crippen LogP contribution in [0.3, 0.4) is 0 Å². The zero-order valence-corrected chi connectivity index (χ0v) is 16.2. The summed E-state index contributed by atoms with van der Waals surface area (Å²) in [6.07, 6.45) is -0.212. The van der Waals surface area contributed by atoms with Crippen molar-refractivity contribution in [2.24, 2.45) is 5.92 Å². The number of benzene rings is 1. The highest BCUT2D eigenvalue weighted by molar-refractivity contribution is 5.90. The molecule has 0 aliphatic carbocycles. The molecule has 0 unspecified atom stereocenters. The van der Waals surface area contributed by atoms with Gasteiger partial charge in [0.2, 0.25) is 0 Å². The Morgan fingerprint density at radius 1 is 1.16 bits per heavy atom. The molecule has 4 heterocycles. The molecule has 2 saturated heterocycles. The lowest BCUT2D eigenvalue weighted by atomic mass is 9.99. The van der Waals surface area contributed by atoms with E-state index in [2.05, 4.69) is 15.4 Å². The average Bonchev–Trinajstić information content (AvgIpc) is 3.02. The fourth-order valence-corrected chi connectivity index (χ4v) is 3.58. The summed E-state index contributed by atoms with van der Waals surface area (Å²) in [6.45, 7) is 1.16. The van der Waals surface area contributed by atoms with Crippen LogP contribution in [0.2, 0.25) is 0 Å². The number of amides is 2. The van der Waals surface area contributed by atoms with Crippen molar-refractivity contribution < 1.29 is 22.4 Å². The molecule has 0 bridgehead atoms. The van der Waals surface area contributed by atoms with E-state index in [1.807, 2.05) is 0 Å². The minimum Gasteiger partial charge on any atom is -0.369 e. The highest BCUT2D eigenvalue weighted by atomic mass is 19.4. The van der Waals surface area contributed by atoms with E-state index in [9.17, 15) is 22.4 Å². The molecule has 162 valence electrons. The number of pyridine rings is 1. The maximum atomic E-state index is 14.5. The monoisotopic (exact) mass is 434 g/mol. The van der Waals surface area contributed by atoms with E-state index < -0.39 is 17.9 Å². The van der Waals surface area contributed by atoms with Crippen LogP contribution in [-0.2, 0) is 0 Å². The molecule has 7 nitrogen and oxygen atoms in total. The standard InChI is InChI=1S/C20H18F4N6O/c21-16-3-2-14(26-19(31)28-4-1-5-28)7-17(16)30-9-12-6-15(8-25-18(12)27-30)29-10-13(11-29)20(22,23)24/h2-3,6-9,13H,1,4-5,10-11H2,(H,26,31). The maximum absolute atomic E-state index is 14.5. The van der Waals surface area contributed by atoms with Gasteiger partial charge in [0, 0.05) is 43.4 Å². The van der Waals surface area contributed by atoms with Crippen molar-refractivity contribution in [3.63, 3.8) is 0 Å². The van der Waals surface area contributed by atoms with Gasteiger partial charge in [-0.1, -0.05) is 0 Å². The van der Waals surface area contributed by atoms with Crippen LogP contribution in [-0.4, -0.2) is 58.1 Å². The predicted molar refractivity (Wildman–Crippen MR) is 106 cm³/mol. The molecule has 31 heavy (non-hydrogen) atoms. The van der Waals surface area contributed by atoms with E-state index >= 15 is 0 Å². The quantitative estimate of drug-likeness (QED) is 0.637. The maximum Gasteiger partial charge on any atom is 0.395 e. The minimum atomic E-state index is -4.20. The third-order valence-corrected chi connectivity index (χ3v) is 5.64. The highest BCUT2D eigenvalue weighted by Gasteiger charge is 2.47. The Kier molecular flexibility index (Phi) is 4.49. The Morgan fingerprint density at radius 2 is 1.94 bits per heavy atom. The number of nitrogens with one attached hydrogen (secondary N) is 1. The number of likely N-dealkylation sites (tertiary alicyclic amines) is 1. The number of anilines is 2. The Hall–Kier alpha value is -3.37. The molecule has 1 N–H and O–H groups in total. The van der Waals surface area contributed by atoms with Gasteiger partial charge in [-0.25, -0.2) is 18.9 Å². The zero-order valence-electron chi connectivity index (χ0n) is 16.2. The molecule has 3 aromatic rings. The molecular formula is C20H18F4N6O. The third-order valence-electron chi connectivity index (χ3n) is 5.64. The first-order chi connectivity index (χ1) is 14.8. The Morgan fingerprint density at radius 3 is 2.61 bits per heavy atom. The Balaban J connectivity index is 1.38. The Labute approximate surface area is 174 Å². The molecular weight excluding hydrogens is 416 g/mol. The summed E-state index contributed by atoms with van der Waals surface area (Å²) in [7, 11) is 0. The predicted octanol–water partition coefficient (Wildman–Crippen LogP) is 3.80. The number of nitrogens with zero attached hydrogens (tertiary/aromatic N) is 5. The SMILES string of the molecule is O=C(Nc1ccc(F)c(-n2cc3cc(N4CC(C(F)(F)F)C4)cnc3n2)c1)N1CCC1. The van der Waals surface area contributed by atoms with Crippen LogP contribution < -0.4 is 10.2 Å². The largest absolute Gasteiger partial charge is 0.395 e. The summed E-state index contributed by atoms with van der Waals surface area (Å²) < 4.78 is 54.0. The van der Waals surface area contributed by atoms with E-state index in [0.717, 1.165) is 6.42 Å². The molecule has 0 spiro atoms. The van der Waals surface area contributed by atoms with Crippen LogP contribution >= 0.6 is 0 Å². The molecule has 0 saturated carbocycles. The van der Waals surface area contributed by atoms with E-state index in [4.69, 9.17) is 0 Å². The van der Waals surface area contributed by atoms with E-state index in [1.54, 1.807) is 22.1 Å². The highest BCUT2D eigenvalue weighted by Crippen LogP contribution is 2.36. The minimum absolute atomic E-state index is 0.113. The molecule has 5 rings (SSSR count). The summed E-state index contributed by atoms with van der Waals surface area (Å²) in [5.74, 6) is -1.88. The van der Waals surface area contributed by atoms with Crippen molar-refractivity contribution in [3.8, 4) is 5.69 Å². The van der Waals surface area contributed by atoms with Crippen LogP contribution in [0.1, 0.15) is 6.42 Å². The van der Waals surface area contributed by atoms with E-state index in [-0.39, 0.29) is 24.8 Å². The molecule has 2 fully saturated rings. The Bertz CT molecular complexity index is 1150. The molecule has 1 aromatic carbocycles. The molecule has 0 radical (unpaired) electrons. The van der Waals surface area contributed by atoms with Crippen molar-refractivity contribution in [2.75, 3.05) is 36.4 Å².